The van der Waals surface area contributed by atoms with E-state index in [1.165, 1.54) is 0 Å². The van der Waals surface area contributed by atoms with Crippen LogP contribution in [-0.4, -0.2) is 23.8 Å². The molecule has 1 heterocycles. The zero-order valence-electron chi connectivity index (χ0n) is 10.1. The standard InChI is InChI=1S/C13H22N2O/c1-11-3-5-12(9-11,10-14)13(16)4-2-7-15-8-6-13/h11,15-16H,2-9H2,1H3. The van der Waals surface area contributed by atoms with Gasteiger partial charge in [0, 0.05) is 0 Å². The fourth-order valence-corrected chi connectivity index (χ4v) is 3.45. The average molecular weight is 222 g/mol. The SMILES string of the molecule is CC1CCC(C#N)(C2(O)CCCNCC2)C1. The quantitative estimate of drug-likeness (QED) is 0.711. The smallest absolute Gasteiger partial charge is 0.0863 e. The Bertz CT molecular complexity index is 289. The van der Waals surface area contributed by atoms with E-state index in [0.29, 0.717) is 5.92 Å². The van der Waals surface area contributed by atoms with Gasteiger partial charge in [0.15, 0.2) is 0 Å². The molecule has 16 heavy (non-hydrogen) atoms. The Morgan fingerprint density at radius 2 is 2.12 bits per heavy atom. The molecule has 2 fully saturated rings. The Kier molecular flexibility index (Phi) is 3.23. The lowest BCUT2D eigenvalue weighted by molar-refractivity contribution is -0.0637. The molecule has 0 radical (unpaired) electrons. The highest BCUT2D eigenvalue weighted by Crippen LogP contribution is 2.51. The van der Waals surface area contributed by atoms with E-state index < -0.39 is 11.0 Å². The van der Waals surface area contributed by atoms with Crippen molar-refractivity contribution in [1.82, 2.24) is 5.32 Å². The third-order valence-electron chi connectivity index (χ3n) is 4.52. The summed E-state index contributed by atoms with van der Waals surface area (Å²) in [4.78, 5) is 0. The zero-order chi connectivity index (χ0) is 11.6. The van der Waals surface area contributed by atoms with E-state index in [1.54, 1.807) is 0 Å². The minimum absolute atomic E-state index is 0.474. The summed E-state index contributed by atoms with van der Waals surface area (Å²) >= 11 is 0. The number of nitriles is 1. The van der Waals surface area contributed by atoms with Crippen molar-refractivity contribution >= 4 is 0 Å². The Morgan fingerprint density at radius 3 is 2.75 bits per heavy atom. The summed E-state index contributed by atoms with van der Waals surface area (Å²) in [7, 11) is 0. The molecule has 3 heteroatoms. The van der Waals surface area contributed by atoms with Gasteiger partial charge in [-0.3, -0.25) is 0 Å². The minimum atomic E-state index is -0.754. The third-order valence-corrected chi connectivity index (χ3v) is 4.52. The van der Waals surface area contributed by atoms with Gasteiger partial charge in [-0.05, 0) is 57.5 Å². The first-order valence-corrected chi connectivity index (χ1v) is 6.46. The number of nitrogens with one attached hydrogen (secondary N) is 1. The van der Waals surface area contributed by atoms with Gasteiger partial charge in [-0.1, -0.05) is 6.92 Å². The summed E-state index contributed by atoms with van der Waals surface area (Å²) in [5, 5.41) is 23.7. The van der Waals surface area contributed by atoms with E-state index in [-0.39, 0.29) is 0 Å². The highest BCUT2D eigenvalue weighted by Gasteiger charge is 2.53. The molecule has 0 spiro atoms. The molecule has 1 saturated carbocycles. The molecule has 0 aromatic carbocycles. The molecule has 2 rings (SSSR count). The lowest BCUT2D eigenvalue weighted by Gasteiger charge is -2.40. The number of nitrogens with zero attached hydrogens (tertiary/aromatic N) is 1. The van der Waals surface area contributed by atoms with Crippen LogP contribution in [0, 0.1) is 22.7 Å². The summed E-state index contributed by atoms with van der Waals surface area (Å²) in [6.07, 6.45) is 5.33. The van der Waals surface area contributed by atoms with Crippen molar-refractivity contribution in [2.75, 3.05) is 13.1 Å². The summed E-state index contributed by atoms with van der Waals surface area (Å²) in [5.74, 6) is 0.583. The van der Waals surface area contributed by atoms with E-state index in [4.69, 9.17) is 0 Å². The van der Waals surface area contributed by atoms with Gasteiger partial charge in [0.1, 0.15) is 0 Å². The maximum atomic E-state index is 10.9. The second-order valence-corrected chi connectivity index (χ2v) is 5.68. The first kappa shape index (κ1) is 11.9. The first-order chi connectivity index (χ1) is 7.62. The van der Waals surface area contributed by atoms with Gasteiger partial charge in [0.25, 0.3) is 0 Å². The maximum absolute atomic E-state index is 10.9. The van der Waals surface area contributed by atoms with Gasteiger partial charge >= 0.3 is 0 Å². The number of hydrogen-bond donors (Lipinski definition) is 2. The number of rotatable bonds is 1. The third kappa shape index (κ3) is 1.85. The van der Waals surface area contributed by atoms with Gasteiger partial charge in [0.05, 0.1) is 17.1 Å². The Labute approximate surface area is 97.8 Å². The molecule has 1 saturated heterocycles. The summed E-state index contributed by atoms with van der Waals surface area (Å²) in [5.41, 5.74) is -1.23. The van der Waals surface area contributed by atoms with Crippen LogP contribution in [0.1, 0.15) is 45.4 Å². The van der Waals surface area contributed by atoms with Gasteiger partial charge in [-0.25, -0.2) is 0 Å². The van der Waals surface area contributed by atoms with E-state index in [1.807, 2.05) is 0 Å². The van der Waals surface area contributed by atoms with Crippen LogP contribution in [0.3, 0.4) is 0 Å². The van der Waals surface area contributed by atoms with Crippen LogP contribution < -0.4 is 5.32 Å². The summed E-state index contributed by atoms with van der Waals surface area (Å²) in [6.45, 7) is 4.01. The monoisotopic (exact) mass is 222 g/mol. The second-order valence-electron chi connectivity index (χ2n) is 5.68. The van der Waals surface area contributed by atoms with Crippen molar-refractivity contribution in [3.63, 3.8) is 0 Å². The van der Waals surface area contributed by atoms with Crippen LogP contribution in [0.5, 0.6) is 0 Å². The average Bonchev–Trinajstić information content (AvgIpc) is 2.52. The van der Waals surface area contributed by atoms with Crippen molar-refractivity contribution in [1.29, 1.82) is 5.26 Å². The van der Waals surface area contributed by atoms with Crippen molar-refractivity contribution in [3.8, 4) is 6.07 Å². The maximum Gasteiger partial charge on any atom is 0.0863 e. The molecule has 3 unspecified atom stereocenters. The molecule has 1 aliphatic heterocycles. The zero-order valence-corrected chi connectivity index (χ0v) is 10.1. The topological polar surface area (TPSA) is 56.0 Å². The molecule has 2 N–H and O–H groups in total. The lowest BCUT2D eigenvalue weighted by Crippen LogP contribution is -2.46. The van der Waals surface area contributed by atoms with Crippen molar-refractivity contribution in [2.45, 2.75) is 51.0 Å². The molecular formula is C13H22N2O. The predicted octanol–water partition coefficient (Wildman–Crippen LogP) is 1.82. The molecule has 2 aliphatic rings. The molecular weight excluding hydrogens is 200 g/mol. The molecule has 3 atom stereocenters. The van der Waals surface area contributed by atoms with E-state index in [9.17, 15) is 10.4 Å². The fourth-order valence-electron chi connectivity index (χ4n) is 3.45. The van der Waals surface area contributed by atoms with Gasteiger partial charge < -0.3 is 10.4 Å². The van der Waals surface area contributed by atoms with Crippen molar-refractivity contribution < 1.29 is 5.11 Å². The Morgan fingerprint density at radius 1 is 1.31 bits per heavy atom. The number of aliphatic hydroxyl groups is 1. The molecule has 0 aromatic heterocycles. The normalized spacial score (nSPS) is 44.9. The second kappa shape index (κ2) is 4.35. The molecule has 1 aliphatic carbocycles. The lowest BCUT2D eigenvalue weighted by atomic mass is 9.67. The largest absolute Gasteiger partial charge is 0.388 e. The van der Waals surface area contributed by atoms with Gasteiger partial charge in [-0.15, -0.1) is 0 Å². The van der Waals surface area contributed by atoms with Crippen LogP contribution >= 0.6 is 0 Å². The van der Waals surface area contributed by atoms with E-state index >= 15 is 0 Å². The van der Waals surface area contributed by atoms with Crippen LogP contribution in [0.25, 0.3) is 0 Å². The molecule has 0 amide bonds. The van der Waals surface area contributed by atoms with Crippen LogP contribution in [-0.2, 0) is 0 Å². The highest BCUT2D eigenvalue weighted by atomic mass is 16.3. The fraction of sp³-hybridized carbons (Fsp3) is 0.923. The van der Waals surface area contributed by atoms with Crippen molar-refractivity contribution in [2.24, 2.45) is 11.3 Å². The van der Waals surface area contributed by atoms with Gasteiger partial charge in [0.2, 0.25) is 0 Å². The van der Waals surface area contributed by atoms with Crippen LogP contribution in [0.15, 0.2) is 0 Å². The predicted molar refractivity (Wildman–Crippen MR) is 62.7 cm³/mol. The number of hydrogen-bond acceptors (Lipinski definition) is 3. The summed E-state index contributed by atoms with van der Waals surface area (Å²) < 4.78 is 0. The van der Waals surface area contributed by atoms with E-state index in [2.05, 4.69) is 18.3 Å². The Hall–Kier alpha value is -0.590. The highest BCUT2D eigenvalue weighted by molar-refractivity contribution is 5.15. The molecule has 0 bridgehead atoms. The van der Waals surface area contributed by atoms with Crippen LogP contribution in [0.2, 0.25) is 0 Å². The summed E-state index contributed by atoms with van der Waals surface area (Å²) in [6, 6.07) is 2.47. The van der Waals surface area contributed by atoms with Gasteiger partial charge in [-0.2, -0.15) is 5.26 Å². The molecule has 3 nitrogen and oxygen atoms in total. The van der Waals surface area contributed by atoms with Crippen LogP contribution in [0.4, 0.5) is 0 Å². The van der Waals surface area contributed by atoms with E-state index in [0.717, 1.165) is 51.6 Å². The first-order valence-electron chi connectivity index (χ1n) is 6.46. The molecule has 0 aromatic rings. The van der Waals surface area contributed by atoms with Crippen molar-refractivity contribution in [3.05, 3.63) is 0 Å². The molecule has 90 valence electrons. The minimum Gasteiger partial charge on any atom is -0.388 e. The Balaban J connectivity index is 2.22.